The average molecular weight is 382 g/mol. The summed E-state index contributed by atoms with van der Waals surface area (Å²) in [5, 5.41) is 1.27. The summed E-state index contributed by atoms with van der Waals surface area (Å²) in [5.74, 6) is 0.0871. The number of ether oxygens (including phenoxy) is 3. The zero-order valence-electron chi connectivity index (χ0n) is 16.5. The Labute approximate surface area is 164 Å². The molecule has 1 aromatic heterocycles. The Morgan fingerprint density at radius 2 is 2.04 bits per heavy atom. The van der Waals surface area contributed by atoms with Crippen LogP contribution in [0.25, 0.3) is 10.9 Å². The Hall–Kier alpha value is -2.31. The summed E-state index contributed by atoms with van der Waals surface area (Å²) in [7, 11) is 3.29. The SMILES string of the molecule is COC(OC)C1C(C)OC=C2C(=O)N3CCc4c([nH]c5ccccc45)C3CC21. The van der Waals surface area contributed by atoms with Gasteiger partial charge in [-0.1, -0.05) is 18.2 Å². The monoisotopic (exact) mass is 382 g/mol. The van der Waals surface area contributed by atoms with Gasteiger partial charge in [-0.15, -0.1) is 0 Å². The minimum Gasteiger partial charge on any atom is -0.497 e. The number of aromatic amines is 1. The van der Waals surface area contributed by atoms with Crippen molar-refractivity contribution in [2.45, 2.75) is 38.2 Å². The first-order valence-electron chi connectivity index (χ1n) is 9.95. The molecule has 5 rings (SSSR count). The van der Waals surface area contributed by atoms with E-state index in [2.05, 4.69) is 23.2 Å². The van der Waals surface area contributed by atoms with Gasteiger partial charge in [0.05, 0.1) is 23.8 Å². The molecule has 0 bridgehead atoms. The Morgan fingerprint density at radius 3 is 2.82 bits per heavy atom. The van der Waals surface area contributed by atoms with Gasteiger partial charge in [-0.25, -0.2) is 0 Å². The van der Waals surface area contributed by atoms with E-state index >= 15 is 0 Å². The molecule has 1 amide bonds. The standard InChI is InChI=1S/C22H26N2O4/c1-12-19(22(26-2)27-3)15-10-18-20-14(13-6-4-5-7-17(13)23-20)8-9-24(18)21(25)16(15)11-28-12/h4-7,11-12,15,18-19,22-23H,8-10H2,1-3H3. The van der Waals surface area contributed by atoms with E-state index in [1.54, 1.807) is 20.5 Å². The highest BCUT2D eigenvalue weighted by Crippen LogP contribution is 2.48. The Balaban J connectivity index is 1.58. The third-order valence-corrected chi connectivity index (χ3v) is 6.74. The number of aromatic nitrogens is 1. The number of nitrogens with zero attached hydrogens (tertiary/aromatic N) is 1. The van der Waals surface area contributed by atoms with E-state index in [1.165, 1.54) is 16.6 Å². The largest absolute Gasteiger partial charge is 0.497 e. The molecule has 0 saturated carbocycles. The minimum absolute atomic E-state index is 0.0316. The number of piperidine rings is 1. The number of H-pyrrole nitrogens is 1. The second-order valence-corrected chi connectivity index (χ2v) is 8.00. The normalized spacial score (nSPS) is 29.2. The molecule has 148 valence electrons. The summed E-state index contributed by atoms with van der Waals surface area (Å²) >= 11 is 0. The van der Waals surface area contributed by atoms with Crippen molar-refractivity contribution < 1.29 is 19.0 Å². The van der Waals surface area contributed by atoms with Crippen LogP contribution in [-0.4, -0.2) is 48.9 Å². The molecule has 6 heteroatoms. The predicted octanol–water partition coefficient (Wildman–Crippen LogP) is 3.15. The summed E-state index contributed by atoms with van der Waals surface area (Å²) < 4.78 is 17.0. The van der Waals surface area contributed by atoms with Crippen molar-refractivity contribution in [3.05, 3.63) is 47.4 Å². The summed E-state index contributed by atoms with van der Waals surface area (Å²) in [6.45, 7) is 2.76. The lowest BCUT2D eigenvalue weighted by atomic mass is 9.72. The first-order chi connectivity index (χ1) is 13.6. The molecule has 3 aliphatic heterocycles. The van der Waals surface area contributed by atoms with Crippen LogP contribution in [0.1, 0.15) is 30.6 Å². The van der Waals surface area contributed by atoms with Crippen LogP contribution in [0.2, 0.25) is 0 Å². The van der Waals surface area contributed by atoms with E-state index < -0.39 is 6.29 Å². The van der Waals surface area contributed by atoms with Crippen molar-refractivity contribution in [3.63, 3.8) is 0 Å². The van der Waals surface area contributed by atoms with Gasteiger partial charge in [0, 0.05) is 43.3 Å². The number of amides is 1. The zero-order valence-corrected chi connectivity index (χ0v) is 16.5. The topological polar surface area (TPSA) is 63.8 Å². The molecule has 4 heterocycles. The van der Waals surface area contributed by atoms with E-state index in [-0.39, 0.29) is 29.9 Å². The van der Waals surface area contributed by atoms with Crippen molar-refractivity contribution in [2.24, 2.45) is 11.8 Å². The molecule has 4 unspecified atom stereocenters. The van der Waals surface area contributed by atoms with Crippen molar-refractivity contribution in [1.29, 1.82) is 0 Å². The third kappa shape index (κ3) is 2.44. The number of hydrogen-bond acceptors (Lipinski definition) is 4. The molecule has 1 fully saturated rings. The number of carbonyl (C=O) groups is 1. The van der Waals surface area contributed by atoms with E-state index in [0.717, 1.165) is 30.5 Å². The van der Waals surface area contributed by atoms with Gasteiger partial charge >= 0.3 is 0 Å². The fourth-order valence-electron chi connectivity index (χ4n) is 5.42. The van der Waals surface area contributed by atoms with E-state index in [4.69, 9.17) is 14.2 Å². The second kappa shape index (κ2) is 6.64. The molecule has 6 nitrogen and oxygen atoms in total. The molecule has 1 saturated heterocycles. The van der Waals surface area contributed by atoms with E-state index in [0.29, 0.717) is 0 Å². The number of nitrogens with one attached hydrogen (secondary N) is 1. The predicted molar refractivity (Wildman–Crippen MR) is 104 cm³/mol. The fraction of sp³-hybridized carbons (Fsp3) is 0.500. The van der Waals surface area contributed by atoms with Crippen molar-refractivity contribution in [3.8, 4) is 0 Å². The number of rotatable bonds is 3. The summed E-state index contributed by atoms with van der Waals surface area (Å²) in [4.78, 5) is 19.0. The lowest BCUT2D eigenvalue weighted by Gasteiger charge is -2.48. The van der Waals surface area contributed by atoms with Gasteiger partial charge in [-0.05, 0) is 31.4 Å². The van der Waals surface area contributed by atoms with Gasteiger partial charge in [-0.3, -0.25) is 4.79 Å². The first-order valence-corrected chi connectivity index (χ1v) is 9.95. The number of carbonyl (C=O) groups excluding carboxylic acids is 1. The maximum absolute atomic E-state index is 13.4. The molecule has 4 atom stereocenters. The van der Waals surface area contributed by atoms with Crippen LogP contribution in [0.4, 0.5) is 0 Å². The molecule has 1 aromatic carbocycles. The van der Waals surface area contributed by atoms with Crippen LogP contribution in [0, 0.1) is 11.8 Å². The molecular formula is C22H26N2O4. The fourth-order valence-corrected chi connectivity index (χ4v) is 5.42. The molecule has 1 N–H and O–H groups in total. The molecule has 2 aromatic rings. The molecule has 3 aliphatic rings. The van der Waals surface area contributed by atoms with Gasteiger partial charge in [0.15, 0.2) is 6.29 Å². The van der Waals surface area contributed by atoms with Gasteiger partial charge in [0.1, 0.15) is 6.10 Å². The molecule has 28 heavy (non-hydrogen) atoms. The maximum Gasteiger partial charge on any atom is 0.253 e. The van der Waals surface area contributed by atoms with Crippen LogP contribution in [0.15, 0.2) is 36.1 Å². The Morgan fingerprint density at radius 1 is 1.25 bits per heavy atom. The maximum atomic E-state index is 13.4. The highest BCUT2D eigenvalue weighted by molar-refractivity contribution is 5.96. The lowest BCUT2D eigenvalue weighted by molar-refractivity contribution is -0.182. The highest BCUT2D eigenvalue weighted by atomic mass is 16.7. The van der Waals surface area contributed by atoms with Crippen LogP contribution >= 0.6 is 0 Å². The van der Waals surface area contributed by atoms with Gasteiger partial charge in [0.25, 0.3) is 5.91 Å². The lowest BCUT2D eigenvalue weighted by Crippen LogP contribution is -2.52. The quantitative estimate of drug-likeness (QED) is 0.829. The second-order valence-electron chi connectivity index (χ2n) is 8.00. The summed E-state index contributed by atoms with van der Waals surface area (Å²) in [6, 6.07) is 8.45. The number of methoxy groups -OCH3 is 2. The summed E-state index contributed by atoms with van der Waals surface area (Å²) in [6.07, 6.45) is 2.91. The molecule has 0 aliphatic carbocycles. The van der Waals surface area contributed by atoms with Gasteiger partial charge < -0.3 is 24.1 Å². The number of hydrogen-bond donors (Lipinski definition) is 1. The highest BCUT2D eigenvalue weighted by Gasteiger charge is 2.50. The smallest absolute Gasteiger partial charge is 0.253 e. The number of fused-ring (bicyclic) bond motifs is 6. The molecule has 0 radical (unpaired) electrons. The molecular weight excluding hydrogens is 356 g/mol. The average Bonchev–Trinajstić information content (AvgIpc) is 3.10. The van der Waals surface area contributed by atoms with Crippen molar-refractivity contribution >= 4 is 16.8 Å². The Kier molecular flexibility index (Phi) is 4.21. The number of benzene rings is 1. The van der Waals surface area contributed by atoms with Crippen LogP contribution in [0.5, 0.6) is 0 Å². The van der Waals surface area contributed by atoms with Crippen molar-refractivity contribution in [1.82, 2.24) is 9.88 Å². The van der Waals surface area contributed by atoms with Gasteiger partial charge in [0.2, 0.25) is 0 Å². The van der Waals surface area contributed by atoms with E-state index in [9.17, 15) is 4.79 Å². The summed E-state index contributed by atoms with van der Waals surface area (Å²) in [5.41, 5.74) is 4.43. The van der Waals surface area contributed by atoms with Crippen LogP contribution in [-0.2, 0) is 25.4 Å². The first kappa shape index (κ1) is 17.8. The third-order valence-electron chi connectivity index (χ3n) is 6.74. The zero-order chi connectivity index (χ0) is 19.4. The van der Waals surface area contributed by atoms with E-state index in [1.807, 2.05) is 17.9 Å². The van der Waals surface area contributed by atoms with Crippen LogP contribution < -0.4 is 0 Å². The molecule has 0 spiro atoms. The number of para-hydroxylation sites is 1. The van der Waals surface area contributed by atoms with Gasteiger partial charge in [-0.2, -0.15) is 0 Å². The van der Waals surface area contributed by atoms with Crippen LogP contribution in [0.3, 0.4) is 0 Å². The van der Waals surface area contributed by atoms with Crippen molar-refractivity contribution in [2.75, 3.05) is 20.8 Å². The minimum atomic E-state index is -0.408. The Bertz CT molecular complexity index is 945.